The Hall–Kier alpha value is -0.0800. The molecule has 3 rings (SSSR count). The van der Waals surface area contributed by atoms with Crippen LogP contribution in [0.1, 0.15) is 64.2 Å². The monoisotopic (exact) mass is 250 g/mol. The molecule has 2 N–H and O–H groups in total. The fourth-order valence-electron chi connectivity index (χ4n) is 4.66. The van der Waals surface area contributed by atoms with Gasteiger partial charge in [0.05, 0.1) is 0 Å². The predicted molar refractivity (Wildman–Crippen MR) is 76.5 cm³/mol. The molecule has 1 aliphatic heterocycles. The van der Waals surface area contributed by atoms with E-state index in [0.29, 0.717) is 6.04 Å². The Bertz CT molecular complexity index is 256. The first kappa shape index (κ1) is 12.9. The van der Waals surface area contributed by atoms with Gasteiger partial charge in [0.1, 0.15) is 0 Å². The van der Waals surface area contributed by atoms with E-state index in [1.807, 2.05) is 0 Å². The molecule has 3 aliphatic rings. The van der Waals surface area contributed by atoms with Gasteiger partial charge in [-0.2, -0.15) is 0 Å². The number of hydrogen-bond acceptors (Lipinski definition) is 2. The number of likely N-dealkylation sites (tertiary alicyclic amines) is 1. The summed E-state index contributed by atoms with van der Waals surface area (Å²) in [5, 5.41) is 0. The van der Waals surface area contributed by atoms with Crippen LogP contribution < -0.4 is 5.73 Å². The highest BCUT2D eigenvalue weighted by molar-refractivity contribution is 4.89. The largest absolute Gasteiger partial charge is 0.328 e. The zero-order chi connectivity index (χ0) is 12.4. The van der Waals surface area contributed by atoms with Gasteiger partial charge in [0.15, 0.2) is 0 Å². The average Bonchev–Trinajstić information content (AvgIpc) is 2.42. The van der Waals surface area contributed by atoms with Crippen molar-refractivity contribution in [2.75, 3.05) is 13.1 Å². The molecule has 0 spiro atoms. The van der Waals surface area contributed by atoms with Crippen molar-refractivity contribution in [3.8, 4) is 0 Å². The van der Waals surface area contributed by atoms with Crippen LogP contribution in [0.25, 0.3) is 0 Å². The molecule has 1 saturated heterocycles. The van der Waals surface area contributed by atoms with Crippen LogP contribution in [0, 0.1) is 11.8 Å². The van der Waals surface area contributed by atoms with Crippen LogP contribution in [0.5, 0.6) is 0 Å². The molecule has 0 aromatic heterocycles. The van der Waals surface area contributed by atoms with Gasteiger partial charge in [-0.3, -0.25) is 4.90 Å². The summed E-state index contributed by atoms with van der Waals surface area (Å²) in [7, 11) is 0. The van der Waals surface area contributed by atoms with Gasteiger partial charge in [-0.25, -0.2) is 0 Å². The van der Waals surface area contributed by atoms with Crippen molar-refractivity contribution in [1.29, 1.82) is 0 Å². The highest BCUT2D eigenvalue weighted by atomic mass is 15.2. The lowest BCUT2D eigenvalue weighted by Gasteiger charge is -2.46. The van der Waals surface area contributed by atoms with Gasteiger partial charge in [0.2, 0.25) is 0 Å². The van der Waals surface area contributed by atoms with Crippen LogP contribution in [0.4, 0.5) is 0 Å². The molecule has 18 heavy (non-hydrogen) atoms. The van der Waals surface area contributed by atoms with Crippen LogP contribution >= 0.6 is 0 Å². The SMILES string of the molecule is NC1CCC(CN2CCCC3CCCCC32)CC1. The van der Waals surface area contributed by atoms with Gasteiger partial charge >= 0.3 is 0 Å². The van der Waals surface area contributed by atoms with Crippen LogP contribution in [0.15, 0.2) is 0 Å². The Morgan fingerprint density at radius 2 is 1.56 bits per heavy atom. The van der Waals surface area contributed by atoms with Crippen molar-refractivity contribution < 1.29 is 0 Å². The van der Waals surface area contributed by atoms with E-state index in [0.717, 1.165) is 17.9 Å². The van der Waals surface area contributed by atoms with Gasteiger partial charge in [0.25, 0.3) is 0 Å². The molecule has 2 atom stereocenters. The Kier molecular flexibility index (Phi) is 4.25. The fourth-order valence-corrected chi connectivity index (χ4v) is 4.66. The van der Waals surface area contributed by atoms with Crippen molar-refractivity contribution in [3.05, 3.63) is 0 Å². The highest BCUT2D eigenvalue weighted by Gasteiger charge is 2.34. The first-order valence-corrected chi connectivity index (χ1v) is 8.32. The zero-order valence-electron chi connectivity index (χ0n) is 11.8. The zero-order valence-corrected chi connectivity index (χ0v) is 11.8. The molecule has 3 fully saturated rings. The summed E-state index contributed by atoms with van der Waals surface area (Å²) in [5.41, 5.74) is 6.02. The maximum atomic E-state index is 6.02. The molecule has 2 aliphatic carbocycles. The minimum Gasteiger partial charge on any atom is -0.328 e. The first-order chi connectivity index (χ1) is 8.83. The van der Waals surface area contributed by atoms with Gasteiger partial charge < -0.3 is 5.73 Å². The van der Waals surface area contributed by atoms with E-state index >= 15 is 0 Å². The highest BCUT2D eigenvalue weighted by Crippen LogP contribution is 2.36. The van der Waals surface area contributed by atoms with E-state index in [-0.39, 0.29) is 0 Å². The summed E-state index contributed by atoms with van der Waals surface area (Å²) in [5.74, 6) is 1.99. The Morgan fingerprint density at radius 3 is 2.39 bits per heavy atom. The summed E-state index contributed by atoms with van der Waals surface area (Å²) in [4.78, 5) is 2.87. The molecular weight excluding hydrogens is 220 g/mol. The van der Waals surface area contributed by atoms with Gasteiger partial charge in [-0.1, -0.05) is 12.8 Å². The molecular formula is C16H30N2. The molecule has 0 amide bonds. The number of fused-ring (bicyclic) bond motifs is 1. The minimum absolute atomic E-state index is 0.505. The van der Waals surface area contributed by atoms with Gasteiger partial charge in [0, 0.05) is 18.6 Å². The second-order valence-electron chi connectivity index (χ2n) is 7.03. The van der Waals surface area contributed by atoms with E-state index in [4.69, 9.17) is 5.73 Å². The number of rotatable bonds is 2. The summed E-state index contributed by atoms with van der Waals surface area (Å²) < 4.78 is 0. The average molecular weight is 250 g/mol. The molecule has 104 valence electrons. The second kappa shape index (κ2) is 5.92. The molecule has 2 saturated carbocycles. The van der Waals surface area contributed by atoms with Crippen LogP contribution in [-0.4, -0.2) is 30.1 Å². The van der Waals surface area contributed by atoms with Crippen molar-refractivity contribution in [2.45, 2.75) is 76.3 Å². The topological polar surface area (TPSA) is 29.3 Å². The smallest absolute Gasteiger partial charge is 0.0124 e. The van der Waals surface area contributed by atoms with E-state index in [2.05, 4.69) is 4.90 Å². The summed E-state index contributed by atoms with van der Waals surface area (Å²) in [6.45, 7) is 2.76. The normalized spacial score (nSPS) is 42.5. The van der Waals surface area contributed by atoms with Crippen LogP contribution in [0.3, 0.4) is 0 Å². The predicted octanol–water partition coefficient (Wildman–Crippen LogP) is 3.16. The van der Waals surface area contributed by atoms with Crippen molar-refractivity contribution in [3.63, 3.8) is 0 Å². The number of nitrogens with zero attached hydrogens (tertiary/aromatic N) is 1. The van der Waals surface area contributed by atoms with E-state index in [1.54, 1.807) is 0 Å². The number of nitrogens with two attached hydrogens (primary N) is 1. The summed E-state index contributed by atoms with van der Waals surface area (Å²) in [6, 6.07) is 1.45. The molecule has 2 unspecified atom stereocenters. The Balaban J connectivity index is 1.54. The molecule has 1 heterocycles. The maximum absolute atomic E-state index is 6.02. The van der Waals surface area contributed by atoms with E-state index in [9.17, 15) is 0 Å². The Labute approximate surface area is 112 Å². The molecule has 0 aromatic carbocycles. The third kappa shape index (κ3) is 2.91. The van der Waals surface area contributed by atoms with E-state index < -0.39 is 0 Å². The molecule has 2 nitrogen and oxygen atoms in total. The number of piperidine rings is 1. The maximum Gasteiger partial charge on any atom is 0.0124 e. The molecule has 0 aromatic rings. The Morgan fingerprint density at radius 1 is 0.833 bits per heavy atom. The third-order valence-electron chi connectivity index (χ3n) is 5.74. The van der Waals surface area contributed by atoms with E-state index in [1.165, 1.54) is 77.3 Å². The first-order valence-electron chi connectivity index (χ1n) is 8.32. The quantitative estimate of drug-likeness (QED) is 0.815. The van der Waals surface area contributed by atoms with Crippen LogP contribution in [0.2, 0.25) is 0 Å². The minimum atomic E-state index is 0.505. The second-order valence-corrected chi connectivity index (χ2v) is 7.03. The van der Waals surface area contributed by atoms with Gasteiger partial charge in [-0.15, -0.1) is 0 Å². The lowest BCUT2D eigenvalue weighted by molar-refractivity contribution is 0.0421. The van der Waals surface area contributed by atoms with Crippen molar-refractivity contribution in [1.82, 2.24) is 4.90 Å². The lowest BCUT2D eigenvalue weighted by Crippen LogP contribution is -2.49. The summed E-state index contributed by atoms with van der Waals surface area (Å²) >= 11 is 0. The van der Waals surface area contributed by atoms with Crippen molar-refractivity contribution in [2.24, 2.45) is 17.6 Å². The third-order valence-corrected chi connectivity index (χ3v) is 5.74. The molecule has 2 heteroatoms. The standard InChI is InChI=1S/C16H30N2/c17-15-9-7-13(8-10-15)12-18-11-3-5-14-4-1-2-6-16(14)18/h13-16H,1-12,17H2. The molecule has 0 radical (unpaired) electrons. The van der Waals surface area contributed by atoms with Crippen LogP contribution in [-0.2, 0) is 0 Å². The van der Waals surface area contributed by atoms with Crippen molar-refractivity contribution >= 4 is 0 Å². The summed E-state index contributed by atoms with van der Waals surface area (Å²) in [6.07, 6.45) is 14.2. The fraction of sp³-hybridized carbons (Fsp3) is 1.00. The van der Waals surface area contributed by atoms with Gasteiger partial charge in [-0.05, 0) is 69.7 Å². The lowest BCUT2D eigenvalue weighted by atomic mass is 9.77. The number of hydrogen-bond donors (Lipinski definition) is 1. The molecule has 0 bridgehead atoms.